The average molecular weight is 445 g/mol. The van der Waals surface area contributed by atoms with Gasteiger partial charge in [0.05, 0.1) is 18.1 Å². The fourth-order valence-electron chi connectivity index (χ4n) is 3.21. The van der Waals surface area contributed by atoms with E-state index in [0.717, 1.165) is 4.31 Å². The van der Waals surface area contributed by atoms with Gasteiger partial charge in [0.15, 0.2) is 5.78 Å². The summed E-state index contributed by atoms with van der Waals surface area (Å²) in [5, 5.41) is 10.1. The number of benzene rings is 2. The number of aromatic nitrogens is 1. The molecule has 1 heterocycles. The highest BCUT2D eigenvalue weighted by Crippen LogP contribution is 2.22. The maximum absolute atomic E-state index is 13.2. The van der Waals surface area contributed by atoms with Crippen molar-refractivity contribution in [3.05, 3.63) is 70.0 Å². The molecule has 0 radical (unpaired) electrons. The number of nitrogens with zero attached hydrogens (tertiary/aromatic N) is 1. The lowest BCUT2D eigenvalue weighted by Gasteiger charge is -2.21. The van der Waals surface area contributed by atoms with E-state index in [1.165, 1.54) is 31.2 Å². The predicted molar refractivity (Wildman–Crippen MR) is 117 cm³/mol. The molecule has 0 aliphatic heterocycles. The number of H-pyrrole nitrogens is 1. The molecule has 0 unspecified atom stereocenters. The molecule has 0 spiro atoms. The molecule has 2 N–H and O–H groups in total. The molecule has 0 amide bonds. The summed E-state index contributed by atoms with van der Waals surface area (Å²) < 4.78 is 32.9. The van der Waals surface area contributed by atoms with Crippen molar-refractivity contribution >= 4 is 26.7 Å². The van der Waals surface area contributed by atoms with Crippen LogP contribution in [0.25, 0.3) is 10.9 Å². The van der Waals surface area contributed by atoms with Crippen LogP contribution in [-0.2, 0) is 16.6 Å². The van der Waals surface area contributed by atoms with Crippen molar-refractivity contribution in [1.82, 2.24) is 9.29 Å². The Kier molecular flexibility index (Phi) is 6.89. The van der Waals surface area contributed by atoms with Crippen molar-refractivity contribution in [1.29, 1.82) is 0 Å². The van der Waals surface area contributed by atoms with Gasteiger partial charge in [0.2, 0.25) is 10.0 Å². The summed E-state index contributed by atoms with van der Waals surface area (Å²) in [5.74, 6) is 0.371. The molecule has 0 fully saturated rings. The highest BCUT2D eigenvalue weighted by Gasteiger charge is 2.26. The molecular formula is C22H24N2O6S. The Hall–Kier alpha value is -3.01. The summed E-state index contributed by atoms with van der Waals surface area (Å²) in [6.45, 7) is 2.83. The lowest BCUT2D eigenvalue weighted by molar-refractivity contribution is 0.101. The fraction of sp³-hybridized carbons (Fsp3) is 0.273. The van der Waals surface area contributed by atoms with Gasteiger partial charge >= 0.3 is 0 Å². The smallest absolute Gasteiger partial charge is 0.252 e. The lowest BCUT2D eigenvalue weighted by Crippen LogP contribution is -2.35. The number of ketones is 1. The number of aliphatic hydroxyl groups excluding tert-OH is 1. The summed E-state index contributed by atoms with van der Waals surface area (Å²) in [6, 6.07) is 12.5. The molecule has 0 saturated carbocycles. The molecule has 31 heavy (non-hydrogen) atoms. The van der Waals surface area contributed by atoms with Crippen molar-refractivity contribution in [2.45, 2.75) is 25.3 Å². The van der Waals surface area contributed by atoms with Crippen molar-refractivity contribution in [3.8, 4) is 5.75 Å². The molecule has 8 nitrogen and oxygen atoms in total. The van der Waals surface area contributed by atoms with E-state index in [1.807, 2.05) is 6.92 Å². The zero-order chi connectivity index (χ0) is 22.6. The quantitative estimate of drug-likeness (QED) is 0.489. The molecule has 0 atom stereocenters. The van der Waals surface area contributed by atoms with Gasteiger partial charge in [-0.2, -0.15) is 4.31 Å². The summed E-state index contributed by atoms with van der Waals surface area (Å²) in [4.78, 5) is 26.9. The minimum Gasteiger partial charge on any atom is -0.494 e. The van der Waals surface area contributed by atoms with Crippen LogP contribution in [0.1, 0.15) is 29.8 Å². The molecule has 3 aromatic rings. The van der Waals surface area contributed by atoms with Gasteiger partial charge in [0.25, 0.3) is 5.56 Å². The molecule has 0 aliphatic rings. The van der Waals surface area contributed by atoms with Crippen molar-refractivity contribution in [3.63, 3.8) is 0 Å². The first kappa shape index (κ1) is 22.7. The average Bonchev–Trinajstić information content (AvgIpc) is 2.74. The zero-order valence-electron chi connectivity index (χ0n) is 17.3. The van der Waals surface area contributed by atoms with E-state index in [0.29, 0.717) is 23.3 Å². The van der Waals surface area contributed by atoms with Gasteiger partial charge in [-0.25, -0.2) is 8.42 Å². The van der Waals surface area contributed by atoms with Crippen molar-refractivity contribution in [2.24, 2.45) is 0 Å². The van der Waals surface area contributed by atoms with Crippen LogP contribution < -0.4 is 10.3 Å². The number of ether oxygens (including phenoxy) is 1. The minimum atomic E-state index is -4.06. The van der Waals surface area contributed by atoms with Gasteiger partial charge in [0.1, 0.15) is 5.75 Å². The van der Waals surface area contributed by atoms with Crippen LogP contribution >= 0.6 is 0 Å². The molecule has 2 aromatic carbocycles. The minimum absolute atomic E-state index is 0.0792. The van der Waals surface area contributed by atoms with E-state index in [2.05, 4.69) is 4.98 Å². The number of rotatable bonds is 9. The maximum atomic E-state index is 13.2. The molecule has 1 aromatic heterocycles. The van der Waals surface area contributed by atoms with E-state index in [4.69, 9.17) is 4.74 Å². The van der Waals surface area contributed by atoms with Gasteiger partial charge < -0.3 is 14.8 Å². The van der Waals surface area contributed by atoms with E-state index >= 15 is 0 Å². The second-order valence-electron chi connectivity index (χ2n) is 6.95. The van der Waals surface area contributed by atoms with Crippen LogP contribution in [0.4, 0.5) is 0 Å². The van der Waals surface area contributed by atoms with Gasteiger partial charge in [-0.05, 0) is 50.2 Å². The van der Waals surface area contributed by atoms with E-state index < -0.39 is 22.2 Å². The second kappa shape index (κ2) is 9.42. The third-order valence-electron chi connectivity index (χ3n) is 4.78. The van der Waals surface area contributed by atoms with Gasteiger partial charge in [0, 0.05) is 35.1 Å². The third kappa shape index (κ3) is 5.01. The summed E-state index contributed by atoms with van der Waals surface area (Å²) >= 11 is 0. The monoisotopic (exact) mass is 444 g/mol. The first-order valence-corrected chi connectivity index (χ1v) is 11.2. The first-order valence-electron chi connectivity index (χ1n) is 9.77. The number of fused-ring (bicyclic) bond motifs is 1. The Morgan fingerprint density at radius 1 is 1.16 bits per heavy atom. The number of Topliss-reactive ketones (excluding diaryl/α,β-unsaturated/α-hetero) is 1. The predicted octanol–water partition coefficient (Wildman–Crippen LogP) is 2.31. The summed E-state index contributed by atoms with van der Waals surface area (Å²) in [6.07, 6.45) is 0. The Morgan fingerprint density at radius 2 is 1.94 bits per heavy atom. The number of carbonyl (C=O) groups excluding carboxylic acids is 1. The molecule has 0 bridgehead atoms. The summed E-state index contributed by atoms with van der Waals surface area (Å²) in [7, 11) is -4.06. The summed E-state index contributed by atoms with van der Waals surface area (Å²) in [5.41, 5.74) is 0.660. The topological polar surface area (TPSA) is 117 Å². The number of sulfonamides is 1. The Bertz CT molecular complexity index is 1270. The van der Waals surface area contributed by atoms with Crippen LogP contribution in [0.15, 0.2) is 58.2 Å². The van der Waals surface area contributed by atoms with Crippen LogP contribution in [0.5, 0.6) is 5.75 Å². The Balaban J connectivity index is 2.01. The number of aliphatic hydroxyl groups is 1. The van der Waals surface area contributed by atoms with Crippen molar-refractivity contribution < 1.29 is 23.1 Å². The van der Waals surface area contributed by atoms with Gasteiger partial charge in [-0.3, -0.25) is 9.59 Å². The van der Waals surface area contributed by atoms with Crippen LogP contribution in [0, 0.1) is 0 Å². The van der Waals surface area contributed by atoms with E-state index in [9.17, 15) is 23.1 Å². The SMILES string of the molecule is CCOc1ccc2[nH]c(=O)c(CN(CCO)S(=O)(=O)c3cccc(C(C)=O)c3)cc2c1. The zero-order valence-corrected chi connectivity index (χ0v) is 18.1. The standard InChI is InChI=1S/C22H24N2O6S/c1-3-30-19-7-8-21-17(12-19)11-18(22(27)23-21)14-24(9-10-25)31(28,29)20-6-4-5-16(13-20)15(2)26/h4-8,11-13,25H,3,9-10,14H2,1-2H3,(H,23,27). The molecule has 0 aliphatic carbocycles. The van der Waals surface area contributed by atoms with Crippen LogP contribution in [0.3, 0.4) is 0 Å². The normalized spacial score (nSPS) is 11.7. The number of hydrogen-bond acceptors (Lipinski definition) is 6. The van der Waals surface area contributed by atoms with Gasteiger partial charge in [-0.15, -0.1) is 0 Å². The number of nitrogens with one attached hydrogen (secondary N) is 1. The van der Waals surface area contributed by atoms with Crippen LogP contribution in [0.2, 0.25) is 0 Å². The number of pyridine rings is 1. The van der Waals surface area contributed by atoms with E-state index in [-0.39, 0.29) is 34.9 Å². The number of aromatic amines is 1. The molecular weight excluding hydrogens is 420 g/mol. The maximum Gasteiger partial charge on any atom is 0.252 e. The largest absolute Gasteiger partial charge is 0.494 e. The molecule has 9 heteroatoms. The number of carbonyl (C=O) groups is 1. The second-order valence-corrected chi connectivity index (χ2v) is 8.89. The van der Waals surface area contributed by atoms with E-state index in [1.54, 1.807) is 24.3 Å². The fourth-order valence-corrected chi connectivity index (χ4v) is 4.67. The Morgan fingerprint density at radius 3 is 2.61 bits per heavy atom. The highest BCUT2D eigenvalue weighted by atomic mass is 32.2. The lowest BCUT2D eigenvalue weighted by atomic mass is 10.1. The molecule has 0 saturated heterocycles. The van der Waals surface area contributed by atoms with Crippen LogP contribution in [-0.4, -0.2) is 48.4 Å². The Labute approximate surface area is 180 Å². The number of hydrogen-bond donors (Lipinski definition) is 2. The van der Waals surface area contributed by atoms with Gasteiger partial charge in [-0.1, -0.05) is 12.1 Å². The highest BCUT2D eigenvalue weighted by molar-refractivity contribution is 7.89. The molecule has 164 valence electrons. The van der Waals surface area contributed by atoms with Crippen molar-refractivity contribution in [2.75, 3.05) is 19.8 Å². The first-order chi connectivity index (χ1) is 14.8. The molecule has 3 rings (SSSR count). The third-order valence-corrected chi connectivity index (χ3v) is 6.62.